The second-order valence-corrected chi connectivity index (χ2v) is 13.8. The van der Waals surface area contributed by atoms with Crippen LogP contribution in [-0.4, -0.2) is 38.6 Å². The lowest BCUT2D eigenvalue weighted by Gasteiger charge is -2.36. The molecule has 0 unspecified atom stereocenters. The van der Waals surface area contributed by atoms with Crippen molar-refractivity contribution in [3.8, 4) is 11.8 Å². The van der Waals surface area contributed by atoms with Gasteiger partial charge in [0.2, 0.25) is 0 Å². The van der Waals surface area contributed by atoms with Gasteiger partial charge in [0.25, 0.3) is 0 Å². The molecule has 0 atom stereocenters. The van der Waals surface area contributed by atoms with Crippen LogP contribution in [0.3, 0.4) is 0 Å². The quantitative estimate of drug-likeness (QED) is 0.441. The highest BCUT2D eigenvalue weighted by Gasteiger charge is 2.37. The second-order valence-electron chi connectivity index (χ2n) is 8.56. The summed E-state index contributed by atoms with van der Waals surface area (Å²) >= 11 is 5.98. The monoisotopic (exact) mass is 445 g/mol. The van der Waals surface area contributed by atoms with E-state index in [-0.39, 0.29) is 10.6 Å². The number of ether oxygens (including phenoxy) is 1. The molecule has 1 heterocycles. The first-order valence-corrected chi connectivity index (χ1v) is 13.2. The molecule has 0 saturated heterocycles. The molecule has 0 fully saturated rings. The molecule has 0 saturated carbocycles. The van der Waals surface area contributed by atoms with E-state index in [1.807, 2.05) is 0 Å². The fraction of sp³-hybridized carbons (Fsp3) is 0.429. The van der Waals surface area contributed by atoms with Crippen molar-refractivity contribution in [1.82, 2.24) is 4.98 Å². The second kappa shape index (κ2) is 9.84. The van der Waals surface area contributed by atoms with Crippen LogP contribution in [0.4, 0.5) is 11.5 Å². The number of rotatable bonds is 8. The minimum Gasteiger partial charge on any atom is -0.490 e. The van der Waals surface area contributed by atoms with Gasteiger partial charge in [-0.05, 0) is 49.2 Å². The summed E-state index contributed by atoms with van der Waals surface area (Å²) in [6.45, 7) is 13.3. The molecule has 0 amide bonds. The zero-order valence-corrected chi connectivity index (χ0v) is 20.2. The lowest BCUT2D eigenvalue weighted by atomic mass is 9.83. The van der Waals surface area contributed by atoms with Crippen molar-refractivity contribution in [2.75, 3.05) is 18.0 Å². The van der Waals surface area contributed by atoms with Crippen LogP contribution in [0.1, 0.15) is 26.3 Å². The van der Waals surface area contributed by atoms with E-state index in [4.69, 9.17) is 20.8 Å². The largest absolute Gasteiger partial charge is 0.490 e. The Kier molecular flexibility index (Phi) is 7.94. The number of nitrogens with zero attached hydrogens (tertiary/aromatic N) is 3. The molecule has 9 heteroatoms. The summed E-state index contributed by atoms with van der Waals surface area (Å²) in [5, 5.41) is 20.9. The molecular formula is C21H29BClN3O3Si. The maximum atomic E-state index is 10.4. The van der Waals surface area contributed by atoms with Gasteiger partial charge >= 0.3 is 7.05 Å². The van der Waals surface area contributed by atoms with E-state index in [1.54, 1.807) is 48.2 Å². The van der Waals surface area contributed by atoms with Crippen LogP contribution in [0.5, 0.6) is 5.75 Å². The van der Waals surface area contributed by atoms with E-state index < -0.39 is 15.4 Å². The number of hydrogen-bond donors (Lipinski definition) is 1. The van der Waals surface area contributed by atoms with Crippen molar-refractivity contribution in [2.45, 2.75) is 45.7 Å². The summed E-state index contributed by atoms with van der Waals surface area (Å²) in [5.74, 6) is 0.721. The summed E-state index contributed by atoms with van der Waals surface area (Å²) in [6.07, 6.45) is 1.56. The molecule has 1 aromatic carbocycles. The Bertz CT molecular complexity index is 896. The van der Waals surface area contributed by atoms with Gasteiger partial charge in [-0.25, -0.2) is 4.98 Å². The smallest absolute Gasteiger partial charge is 0.415 e. The third kappa shape index (κ3) is 5.76. The van der Waals surface area contributed by atoms with Gasteiger partial charge < -0.3 is 19.0 Å². The molecular weight excluding hydrogens is 417 g/mol. The molecule has 1 aromatic heterocycles. The van der Waals surface area contributed by atoms with Gasteiger partial charge in [-0.1, -0.05) is 32.4 Å². The van der Waals surface area contributed by atoms with E-state index in [1.165, 1.54) is 0 Å². The van der Waals surface area contributed by atoms with E-state index in [9.17, 15) is 10.3 Å². The van der Waals surface area contributed by atoms with Crippen LogP contribution in [0.25, 0.3) is 0 Å². The van der Waals surface area contributed by atoms with E-state index >= 15 is 0 Å². The van der Waals surface area contributed by atoms with Crippen LogP contribution in [-0.2, 0) is 4.43 Å². The number of pyridine rings is 1. The minimum atomic E-state index is -1.87. The van der Waals surface area contributed by atoms with Crippen molar-refractivity contribution in [2.24, 2.45) is 0 Å². The molecule has 2 rings (SSSR count). The SMILES string of the molecule is CB(O)N(c1ccc(Cl)cc1)c1nccc(OCCO[Si](C)(C)C(C)(C)C)c1C#N. The molecule has 0 bridgehead atoms. The maximum Gasteiger partial charge on any atom is 0.415 e. The third-order valence-corrected chi connectivity index (χ3v) is 10.1. The first kappa shape index (κ1) is 24.2. The Morgan fingerprint density at radius 2 is 1.83 bits per heavy atom. The molecule has 0 aliphatic heterocycles. The minimum absolute atomic E-state index is 0.116. The molecule has 6 nitrogen and oxygen atoms in total. The number of benzene rings is 1. The maximum absolute atomic E-state index is 10.4. The summed E-state index contributed by atoms with van der Waals surface area (Å²) in [6, 6.07) is 10.8. The van der Waals surface area contributed by atoms with Gasteiger partial charge in [-0.2, -0.15) is 5.26 Å². The number of anilines is 2. The highest BCUT2D eigenvalue weighted by atomic mass is 35.5. The lowest BCUT2D eigenvalue weighted by molar-refractivity contribution is 0.203. The molecule has 0 aliphatic rings. The van der Waals surface area contributed by atoms with Gasteiger partial charge in [0, 0.05) is 23.0 Å². The fourth-order valence-corrected chi connectivity index (χ4v) is 3.78. The topological polar surface area (TPSA) is 78.6 Å². The summed E-state index contributed by atoms with van der Waals surface area (Å²) in [5.41, 5.74) is 0.914. The van der Waals surface area contributed by atoms with Crippen LogP contribution < -0.4 is 9.55 Å². The number of halogens is 1. The van der Waals surface area contributed by atoms with Gasteiger partial charge in [0.05, 0.1) is 6.61 Å². The van der Waals surface area contributed by atoms with Crippen molar-refractivity contribution < 1.29 is 14.2 Å². The predicted molar refractivity (Wildman–Crippen MR) is 125 cm³/mol. The van der Waals surface area contributed by atoms with Crippen LogP contribution >= 0.6 is 11.6 Å². The van der Waals surface area contributed by atoms with Gasteiger partial charge in [-0.3, -0.25) is 0 Å². The number of aromatic nitrogens is 1. The lowest BCUT2D eigenvalue weighted by Crippen LogP contribution is -2.41. The average Bonchev–Trinajstić information content (AvgIpc) is 2.66. The van der Waals surface area contributed by atoms with Crippen molar-refractivity contribution in [3.05, 3.63) is 47.1 Å². The van der Waals surface area contributed by atoms with Crippen LogP contribution in [0.2, 0.25) is 30.0 Å². The van der Waals surface area contributed by atoms with Crippen molar-refractivity contribution in [3.63, 3.8) is 0 Å². The Labute approximate surface area is 185 Å². The molecule has 0 spiro atoms. The Morgan fingerprint density at radius 1 is 1.20 bits per heavy atom. The Balaban J connectivity index is 2.23. The summed E-state index contributed by atoms with van der Waals surface area (Å²) in [7, 11) is -2.78. The average molecular weight is 446 g/mol. The fourth-order valence-electron chi connectivity index (χ4n) is 2.62. The van der Waals surface area contributed by atoms with Crippen LogP contribution in [0, 0.1) is 11.3 Å². The summed E-state index contributed by atoms with van der Waals surface area (Å²) in [4.78, 5) is 5.90. The highest BCUT2D eigenvalue weighted by Crippen LogP contribution is 2.36. The molecule has 30 heavy (non-hydrogen) atoms. The van der Waals surface area contributed by atoms with Crippen LogP contribution in [0.15, 0.2) is 36.5 Å². The normalized spacial score (nSPS) is 11.7. The van der Waals surface area contributed by atoms with Crippen molar-refractivity contribution >= 4 is 38.5 Å². The molecule has 160 valence electrons. The Hall–Kier alpha value is -2.05. The number of nitriles is 1. The van der Waals surface area contributed by atoms with Gasteiger partial charge in [0.15, 0.2) is 8.32 Å². The highest BCUT2D eigenvalue weighted by molar-refractivity contribution is 6.74. The van der Waals surface area contributed by atoms with Gasteiger partial charge in [0.1, 0.15) is 29.8 Å². The predicted octanol–water partition coefficient (Wildman–Crippen LogP) is 5.26. The first-order chi connectivity index (χ1) is 14.0. The molecule has 0 aliphatic carbocycles. The third-order valence-electron chi connectivity index (χ3n) is 5.32. The number of hydrogen-bond acceptors (Lipinski definition) is 6. The molecule has 2 aromatic rings. The van der Waals surface area contributed by atoms with E-state index in [2.05, 4.69) is 44.9 Å². The van der Waals surface area contributed by atoms with E-state index in [0.29, 0.717) is 35.5 Å². The molecule has 1 N–H and O–H groups in total. The zero-order valence-electron chi connectivity index (χ0n) is 18.4. The van der Waals surface area contributed by atoms with Crippen molar-refractivity contribution in [1.29, 1.82) is 5.26 Å². The zero-order chi connectivity index (χ0) is 22.5. The standard InChI is InChI=1S/C21H29BClN3O3Si/c1-21(2,3)30(5,6)29-14-13-28-19-11-12-25-20(18(19)15-24)26(22(4)27)17-9-7-16(23)8-10-17/h7-12,27H,13-14H2,1-6H3. The van der Waals surface area contributed by atoms with E-state index in [0.717, 1.165) is 0 Å². The van der Waals surface area contributed by atoms with Gasteiger partial charge in [-0.15, -0.1) is 0 Å². The summed E-state index contributed by atoms with van der Waals surface area (Å²) < 4.78 is 12.0. The Morgan fingerprint density at radius 3 is 2.37 bits per heavy atom. The molecule has 0 radical (unpaired) electrons. The first-order valence-electron chi connectivity index (χ1n) is 9.86.